The number of likely N-dealkylation sites (tertiary alicyclic amines) is 1. The molecule has 0 aliphatic carbocycles. The fraction of sp³-hybridized carbons (Fsp3) is 0.304. The highest BCUT2D eigenvalue weighted by atomic mass is 79.9. The Morgan fingerprint density at radius 1 is 1.30 bits per heavy atom. The van der Waals surface area contributed by atoms with Gasteiger partial charge in [-0.25, -0.2) is 4.79 Å². The zero-order chi connectivity index (χ0) is 23.4. The Morgan fingerprint density at radius 3 is 2.94 bits per heavy atom. The van der Waals surface area contributed by atoms with E-state index in [4.69, 9.17) is 20.9 Å². The number of carbonyl (C=O) groups is 2. The molecule has 0 spiro atoms. The van der Waals surface area contributed by atoms with Crippen LogP contribution in [0.2, 0.25) is 5.02 Å². The number of benzene rings is 2. The van der Waals surface area contributed by atoms with Gasteiger partial charge in [0.1, 0.15) is 0 Å². The lowest BCUT2D eigenvalue weighted by Gasteiger charge is -2.31. The maximum absolute atomic E-state index is 12.9. The van der Waals surface area contributed by atoms with Gasteiger partial charge in [0.15, 0.2) is 0 Å². The summed E-state index contributed by atoms with van der Waals surface area (Å²) in [6.45, 7) is 1.84. The van der Waals surface area contributed by atoms with Crippen molar-refractivity contribution in [2.24, 2.45) is 5.92 Å². The topological polar surface area (TPSA) is 97.6 Å². The molecule has 8 nitrogen and oxygen atoms in total. The van der Waals surface area contributed by atoms with Gasteiger partial charge in [-0.1, -0.05) is 44.8 Å². The number of carbonyl (C=O) groups excluding carboxylic acids is 2. The van der Waals surface area contributed by atoms with Crippen molar-refractivity contribution in [3.05, 3.63) is 63.4 Å². The monoisotopic (exact) mass is 532 g/mol. The van der Waals surface area contributed by atoms with E-state index in [2.05, 4.69) is 36.3 Å². The number of nitrogens with one attached hydrogen (secondary N) is 1. The van der Waals surface area contributed by atoms with Crippen molar-refractivity contribution in [1.29, 1.82) is 0 Å². The van der Waals surface area contributed by atoms with Crippen LogP contribution in [0.1, 0.15) is 29.1 Å². The van der Waals surface area contributed by atoms with E-state index in [9.17, 15) is 9.59 Å². The Morgan fingerprint density at radius 2 is 2.15 bits per heavy atom. The number of hydrogen-bond acceptors (Lipinski definition) is 7. The fourth-order valence-corrected chi connectivity index (χ4v) is 4.33. The summed E-state index contributed by atoms with van der Waals surface area (Å²) < 4.78 is 11.1. The molecule has 1 saturated heterocycles. The van der Waals surface area contributed by atoms with E-state index in [0.717, 1.165) is 29.4 Å². The summed E-state index contributed by atoms with van der Waals surface area (Å²) in [7, 11) is 1.30. The minimum Gasteiger partial charge on any atom is -0.465 e. The molecular formula is C23H22BrClN4O4. The molecule has 2 aromatic carbocycles. The zero-order valence-electron chi connectivity index (χ0n) is 17.9. The maximum atomic E-state index is 12.9. The van der Waals surface area contributed by atoms with Crippen LogP contribution in [0.5, 0.6) is 0 Å². The third-order valence-electron chi connectivity index (χ3n) is 5.43. The summed E-state index contributed by atoms with van der Waals surface area (Å²) >= 11 is 9.66. The average Bonchev–Trinajstić information content (AvgIpc) is 3.28. The van der Waals surface area contributed by atoms with Gasteiger partial charge in [0.25, 0.3) is 0 Å². The number of halogens is 2. The number of nitrogens with zero attached hydrogens (tertiary/aromatic N) is 3. The molecule has 33 heavy (non-hydrogen) atoms. The Hall–Kier alpha value is -2.75. The van der Waals surface area contributed by atoms with Crippen LogP contribution in [0.4, 0.5) is 5.69 Å². The van der Waals surface area contributed by atoms with Gasteiger partial charge in [-0.3, -0.25) is 9.69 Å². The second-order valence-electron chi connectivity index (χ2n) is 7.77. The van der Waals surface area contributed by atoms with Crippen LogP contribution in [0.3, 0.4) is 0 Å². The van der Waals surface area contributed by atoms with Crippen LogP contribution in [0.15, 0.2) is 51.5 Å². The van der Waals surface area contributed by atoms with Crippen molar-refractivity contribution in [1.82, 2.24) is 15.0 Å². The quantitative estimate of drug-likeness (QED) is 0.455. The van der Waals surface area contributed by atoms with Gasteiger partial charge in [-0.2, -0.15) is 4.98 Å². The van der Waals surface area contributed by atoms with Gasteiger partial charge in [0.05, 0.1) is 35.8 Å². The molecule has 2 heterocycles. The number of ether oxygens (including phenoxy) is 1. The third-order valence-corrected chi connectivity index (χ3v) is 6.25. The van der Waals surface area contributed by atoms with E-state index in [1.165, 1.54) is 13.2 Å². The first-order valence-corrected chi connectivity index (χ1v) is 11.6. The minimum absolute atomic E-state index is 0.149. The van der Waals surface area contributed by atoms with Crippen molar-refractivity contribution < 1.29 is 18.8 Å². The van der Waals surface area contributed by atoms with Gasteiger partial charge >= 0.3 is 5.97 Å². The molecule has 1 aliphatic rings. The number of esters is 1. The number of amides is 1. The molecule has 1 fully saturated rings. The molecule has 3 aromatic rings. The lowest BCUT2D eigenvalue weighted by atomic mass is 9.97. The van der Waals surface area contributed by atoms with E-state index < -0.39 is 5.97 Å². The van der Waals surface area contributed by atoms with Gasteiger partial charge in [-0.15, -0.1) is 0 Å². The second kappa shape index (κ2) is 10.5. The number of hydrogen-bond donors (Lipinski definition) is 1. The summed E-state index contributed by atoms with van der Waals surface area (Å²) in [5.41, 5.74) is 1.57. The standard InChI is InChI=1S/C23H22BrClN4O4/c1-32-23(31)15-7-8-18(25)19(11-15)26-22(30)16-5-3-9-29(12-16)13-20-27-21(28-33-20)14-4-2-6-17(24)10-14/h2,4,6-8,10-11,16H,3,5,9,12-13H2,1H3,(H,26,30). The predicted octanol–water partition coefficient (Wildman–Crippen LogP) is 4.79. The van der Waals surface area contributed by atoms with E-state index in [1.54, 1.807) is 12.1 Å². The summed E-state index contributed by atoms with van der Waals surface area (Å²) in [5.74, 6) is 0.151. The molecule has 1 aliphatic heterocycles. The van der Waals surface area contributed by atoms with E-state index >= 15 is 0 Å². The van der Waals surface area contributed by atoms with Crippen LogP contribution in [-0.4, -0.2) is 47.1 Å². The molecule has 172 valence electrons. The maximum Gasteiger partial charge on any atom is 0.337 e. The molecule has 4 rings (SSSR count). The molecule has 1 amide bonds. The normalized spacial score (nSPS) is 16.4. The molecule has 0 saturated carbocycles. The Labute approximate surface area is 204 Å². The second-order valence-corrected chi connectivity index (χ2v) is 9.09. The molecule has 1 unspecified atom stereocenters. The van der Waals surface area contributed by atoms with Gasteiger partial charge in [0.2, 0.25) is 17.6 Å². The van der Waals surface area contributed by atoms with E-state index in [1.807, 2.05) is 24.3 Å². The molecule has 1 aromatic heterocycles. The largest absolute Gasteiger partial charge is 0.465 e. The molecule has 10 heteroatoms. The Bertz CT molecular complexity index is 1170. The van der Waals surface area contributed by atoms with Crippen molar-refractivity contribution in [2.75, 3.05) is 25.5 Å². The van der Waals surface area contributed by atoms with Crippen molar-refractivity contribution in [2.45, 2.75) is 19.4 Å². The Balaban J connectivity index is 1.39. The van der Waals surface area contributed by atoms with Gasteiger partial charge in [-0.05, 0) is 49.7 Å². The van der Waals surface area contributed by atoms with Crippen LogP contribution in [-0.2, 0) is 16.1 Å². The zero-order valence-corrected chi connectivity index (χ0v) is 20.2. The lowest BCUT2D eigenvalue weighted by molar-refractivity contribution is -0.121. The highest BCUT2D eigenvalue weighted by molar-refractivity contribution is 9.10. The first-order valence-electron chi connectivity index (χ1n) is 10.4. The van der Waals surface area contributed by atoms with Crippen LogP contribution in [0.25, 0.3) is 11.4 Å². The third kappa shape index (κ3) is 5.79. The van der Waals surface area contributed by atoms with Crippen molar-refractivity contribution in [3.63, 3.8) is 0 Å². The van der Waals surface area contributed by atoms with Gasteiger partial charge in [0, 0.05) is 16.6 Å². The molecule has 0 radical (unpaired) electrons. The fourth-order valence-electron chi connectivity index (χ4n) is 3.77. The van der Waals surface area contributed by atoms with Crippen LogP contribution >= 0.6 is 27.5 Å². The Kier molecular flexibility index (Phi) is 7.42. The number of methoxy groups -OCH3 is 1. The summed E-state index contributed by atoms with van der Waals surface area (Å²) in [4.78, 5) is 31.3. The summed E-state index contributed by atoms with van der Waals surface area (Å²) in [6.07, 6.45) is 1.62. The smallest absolute Gasteiger partial charge is 0.337 e. The predicted molar refractivity (Wildman–Crippen MR) is 127 cm³/mol. The molecule has 0 bridgehead atoms. The highest BCUT2D eigenvalue weighted by Crippen LogP contribution is 2.26. The summed E-state index contributed by atoms with van der Waals surface area (Å²) in [5, 5.41) is 7.29. The SMILES string of the molecule is COC(=O)c1ccc(Cl)c(NC(=O)C2CCCN(Cc3nc(-c4cccc(Br)c4)no3)C2)c1. The van der Waals surface area contributed by atoms with E-state index in [0.29, 0.717) is 41.1 Å². The average molecular weight is 534 g/mol. The minimum atomic E-state index is -0.493. The first-order chi connectivity index (χ1) is 15.9. The van der Waals surface area contributed by atoms with Crippen LogP contribution in [0, 0.1) is 5.92 Å². The number of piperidine rings is 1. The van der Waals surface area contributed by atoms with Crippen molar-refractivity contribution >= 4 is 45.1 Å². The first kappa shape index (κ1) is 23.4. The van der Waals surface area contributed by atoms with Crippen LogP contribution < -0.4 is 5.32 Å². The summed E-state index contributed by atoms with van der Waals surface area (Å²) in [6, 6.07) is 12.3. The van der Waals surface area contributed by atoms with Gasteiger partial charge < -0.3 is 14.6 Å². The number of anilines is 1. The number of aromatic nitrogens is 2. The van der Waals surface area contributed by atoms with E-state index in [-0.39, 0.29) is 11.8 Å². The highest BCUT2D eigenvalue weighted by Gasteiger charge is 2.27. The number of rotatable bonds is 6. The molecule has 1 N–H and O–H groups in total. The molecular weight excluding hydrogens is 512 g/mol. The lowest BCUT2D eigenvalue weighted by Crippen LogP contribution is -2.40. The molecule has 1 atom stereocenters. The van der Waals surface area contributed by atoms with Crippen molar-refractivity contribution in [3.8, 4) is 11.4 Å².